The fourth-order valence-electron chi connectivity index (χ4n) is 0.932. The van der Waals surface area contributed by atoms with Crippen molar-refractivity contribution in [1.82, 2.24) is 4.98 Å². The van der Waals surface area contributed by atoms with Gasteiger partial charge in [-0.15, -0.1) is 0 Å². The second-order valence-electron chi connectivity index (χ2n) is 2.47. The molecule has 0 aromatic carbocycles. The molecular formula is C7H9F2N3O. The molecule has 1 rings (SSSR count). The molecular weight excluding hydrogens is 180 g/mol. The molecule has 0 atom stereocenters. The quantitative estimate of drug-likeness (QED) is 0.627. The largest absolute Gasteiger partial charge is 0.394 e. The van der Waals surface area contributed by atoms with Crippen molar-refractivity contribution in [1.29, 1.82) is 0 Å². The van der Waals surface area contributed by atoms with Gasteiger partial charge in [0, 0.05) is 12.7 Å². The molecule has 0 aliphatic carbocycles. The number of hydrogen-bond donors (Lipinski definition) is 3. The van der Waals surface area contributed by atoms with Crippen LogP contribution in [0, 0.1) is 0 Å². The average Bonchev–Trinajstić information content (AvgIpc) is 2.09. The zero-order chi connectivity index (χ0) is 10.0. The number of alkyl halides is 2. The molecule has 1 heterocycles. The van der Waals surface area contributed by atoms with E-state index in [4.69, 9.17) is 11.5 Å². The van der Waals surface area contributed by atoms with Crippen molar-refractivity contribution in [2.75, 3.05) is 5.73 Å². The van der Waals surface area contributed by atoms with Gasteiger partial charge in [-0.2, -0.15) is 0 Å². The number of hydrogen-bond acceptors (Lipinski definition) is 3. The Balaban J connectivity index is 3.32. The third-order valence-electron chi connectivity index (χ3n) is 1.67. The number of pyridine rings is 1. The summed E-state index contributed by atoms with van der Waals surface area (Å²) in [5.41, 5.74) is 9.04. The van der Waals surface area contributed by atoms with Crippen LogP contribution in [-0.4, -0.2) is 4.98 Å². The van der Waals surface area contributed by atoms with Crippen LogP contribution in [-0.2, 0) is 6.54 Å². The molecule has 0 bridgehead atoms. The lowest BCUT2D eigenvalue weighted by molar-refractivity contribution is 0.150. The molecule has 0 unspecified atom stereocenters. The van der Waals surface area contributed by atoms with Crippen LogP contribution in [0.15, 0.2) is 11.0 Å². The molecule has 6 heteroatoms. The summed E-state index contributed by atoms with van der Waals surface area (Å²) in [4.78, 5) is 13.6. The van der Waals surface area contributed by atoms with E-state index in [0.717, 1.165) is 6.20 Å². The number of aromatic amines is 1. The van der Waals surface area contributed by atoms with Crippen molar-refractivity contribution in [2.45, 2.75) is 13.0 Å². The summed E-state index contributed by atoms with van der Waals surface area (Å²) in [6.45, 7) is 0.0184. The Labute approximate surface area is 72.6 Å². The van der Waals surface area contributed by atoms with Crippen LogP contribution in [0.25, 0.3) is 0 Å². The highest BCUT2D eigenvalue weighted by Gasteiger charge is 2.15. The maximum Gasteiger partial charge on any atom is 0.269 e. The van der Waals surface area contributed by atoms with E-state index in [2.05, 4.69) is 4.98 Å². The maximum atomic E-state index is 12.1. The number of halogens is 2. The third-order valence-corrected chi connectivity index (χ3v) is 1.67. The first-order valence-electron chi connectivity index (χ1n) is 3.56. The molecule has 1 aromatic rings. The van der Waals surface area contributed by atoms with Crippen LogP contribution in [0.5, 0.6) is 0 Å². The molecule has 1 aromatic heterocycles. The molecule has 4 nitrogen and oxygen atoms in total. The van der Waals surface area contributed by atoms with E-state index in [1.165, 1.54) is 0 Å². The number of nitrogens with two attached hydrogens (primary N) is 2. The number of aromatic nitrogens is 1. The molecule has 5 N–H and O–H groups in total. The van der Waals surface area contributed by atoms with Gasteiger partial charge in [0.25, 0.3) is 6.43 Å². The zero-order valence-electron chi connectivity index (χ0n) is 6.68. The predicted octanol–water partition coefficient (Wildman–Crippen LogP) is 0.353. The Kier molecular flexibility index (Phi) is 2.62. The highest BCUT2D eigenvalue weighted by atomic mass is 19.3. The monoisotopic (exact) mass is 189 g/mol. The lowest BCUT2D eigenvalue weighted by Crippen LogP contribution is -2.19. The normalized spacial score (nSPS) is 10.8. The van der Waals surface area contributed by atoms with Gasteiger partial charge in [0.15, 0.2) is 0 Å². The molecule has 0 radical (unpaired) electrons. The smallest absolute Gasteiger partial charge is 0.269 e. The first-order chi connectivity index (χ1) is 6.07. The van der Waals surface area contributed by atoms with Crippen molar-refractivity contribution in [3.05, 3.63) is 27.7 Å². The summed E-state index contributed by atoms with van der Waals surface area (Å²) in [6.07, 6.45) is -1.89. The van der Waals surface area contributed by atoms with Crippen LogP contribution in [0.4, 0.5) is 14.5 Å². The van der Waals surface area contributed by atoms with Gasteiger partial charge in [-0.3, -0.25) is 4.79 Å². The molecule has 0 spiro atoms. The summed E-state index contributed by atoms with van der Waals surface area (Å²) in [7, 11) is 0. The topological polar surface area (TPSA) is 84.9 Å². The van der Waals surface area contributed by atoms with Gasteiger partial charge in [-0.05, 0) is 0 Å². The van der Waals surface area contributed by atoms with E-state index >= 15 is 0 Å². The number of anilines is 1. The summed E-state index contributed by atoms with van der Waals surface area (Å²) >= 11 is 0. The van der Waals surface area contributed by atoms with Gasteiger partial charge >= 0.3 is 0 Å². The van der Waals surface area contributed by atoms with E-state index in [9.17, 15) is 13.6 Å². The molecule has 0 aliphatic rings. The van der Waals surface area contributed by atoms with Gasteiger partial charge in [0.05, 0.1) is 11.3 Å². The number of rotatable bonds is 2. The summed E-state index contributed by atoms with van der Waals surface area (Å²) in [5.74, 6) is 0. The van der Waals surface area contributed by atoms with Crippen LogP contribution in [0.2, 0.25) is 0 Å². The second kappa shape index (κ2) is 3.53. The SMILES string of the molecule is NCc1[nH]cc(C(F)F)c(=O)c1N. The molecule has 0 amide bonds. The van der Waals surface area contributed by atoms with E-state index in [1.807, 2.05) is 0 Å². The van der Waals surface area contributed by atoms with E-state index in [-0.39, 0.29) is 17.9 Å². The van der Waals surface area contributed by atoms with Crippen molar-refractivity contribution in [3.63, 3.8) is 0 Å². The Morgan fingerprint density at radius 3 is 2.62 bits per heavy atom. The van der Waals surface area contributed by atoms with Crippen LogP contribution in [0.3, 0.4) is 0 Å². The number of H-pyrrole nitrogens is 1. The second-order valence-corrected chi connectivity index (χ2v) is 2.47. The highest BCUT2D eigenvalue weighted by Crippen LogP contribution is 2.15. The Bertz CT molecular complexity index is 361. The van der Waals surface area contributed by atoms with E-state index in [1.54, 1.807) is 0 Å². The summed E-state index contributed by atoms with van der Waals surface area (Å²) in [6, 6.07) is 0. The fourth-order valence-corrected chi connectivity index (χ4v) is 0.932. The van der Waals surface area contributed by atoms with Crippen molar-refractivity contribution in [2.24, 2.45) is 5.73 Å². The summed E-state index contributed by atoms with van der Waals surface area (Å²) < 4.78 is 24.3. The predicted molar refractivity (Wildman–Crippen MR) is 44.3 cm³/mol. The molecule has 72 valence electrons. The van der Waals surface area contributed by atoms with Gasteiger partial charge in [-0.25, -0.2) is 8.78 Å². The number of nitrogen functional groups attached to an aromatic ring is 1. The molecule has 0 saturated carbocycles. The van der Waals surface area contributed by atoms with Gasteiger partial charge in [-0.1, -0.05) is 0 Å². The lowest BCUT2D eigenvalue weighted by atomic mass is 10.2. The molecule has 0 aliphatic heterocycles. The Hall–Kier alpha value is -1.43. The Morgan fingerprint density at radius 2 is 2.15 bits per heavy atom. The van der Waals surface area contributed by atoms with Crippen LogP contribution < -0.4 is 16.9 Å². The van der Waals surface area contributed by atoms with Crippen LogP contribution >= 0.6 is 0 Å². The van der Waals surface area contributed by atoms with Crippen molar-refractivity contribution < 1.29 is 8.78 Å². The minimum atomic E-state index is -2.82. The number of nitrogens with one attached hydrogen (secondary N) is 1. The average molecular weight is 189 g/mol. The van der Waals surface area contributed by atoms with Gasteiger partial charge in [0.1, 0.15) is 5.69 Å². The maximum absolute atomic E-state index is 12.1. The first-order valence-corrected chi connectivity index (χ1v) is 3.56. The van der Waals surface area contributed by atoms with Crippen molar-refractivity contribution >= 4 is 5.69 Å². The third kappa shape index (κ3) is 1.67. The zero-order valence-corrected chi connectivity index (χ0v) is 6.68. The standard InChI is InChI=1S/C7H9F2N3O/c8-7(9)3-2-12-4(1-10)5(11)6(3)13/h2,7H,1,10-11H2,(H,12,13). The fraction of sp³-hybridized carbons (Fsp3) is 0.286. The van der Waals surface area contributed by atoms with E-state index < -0.39 is 17.4 Å². The first kappa shape index (κ1) is 9.66. The van der Waals surface area contributed by atoms with Gasteiger partial charge < -0.3 is 16.5 Å². The molecule has 0 fully saturated rings. The highest BCUT2D eigenvalue weighted by molar-refractivity contribution is 5.45. The molecule has 13 heavy (non-hydrogen) atoms. The lowest BCUT2D eigenvalue weighted by Gasteiger charge is -2.04. The van der Waals surface area contributed by atoms with Crippen molar-refractivity contribution in [3.8, 4) is 0 Å². The minimum Gasteiger partial charge on any atom is -0.394 e. The Morgan fingerprint density at radius 1 is 1.54 bits per heavy atom. The van der Waals surface area contributed by atoms with Crippen LogP contribution in [0.1, 0.15) is 17.7 Å². The minimum absolute atomic E-state index is 0.0184. The summed E-state index contributed by atoms with van der Waals surface area (Å²) in [5, 5.41) is 0. The van der Waals surface area contributed by atoms with E-state index in [0.29, 0.717) is 0 Å². The molecule has 0 saturated heterocycles. The van der Waals surface area contributed by atoms with Gasteiger partial charge in [0.2, 0.25) is 5.43 Å².